The molecule has 12 nitrogen and oxygen atoms in total. The summed E-state index contributed by atoms with van der Waals surface area (Å²) in [4.78, 5) is 59.6. The lowest BCUT2D eigenvalue weighted by Crippen LogP contribution is -2.00. The van der Waals surface area contributed by atoms with Gasteiger partial charge >= 0.3 is 0 Å². The van der Waals surface area contributed by atoms with E-state index in [0.717, 1.165) is 122 Å². The molecule has 0 spiro atoms. The van der Waals surface area contributed by atoms with Gasteiger partial charge in [-0.15, -0.1) is 0 Å². The highest BCUT2D eigenvalue weighted by Gasteiger charge is 2.20. The minimum atomic E-state index is 0.599. The van der Waals surface area contributed by atoms with E-state index in [-0.39, 0.29) is 0 Å². The first-order valence-corrected chi connectivity index (χ1v) is 37.7. The number of nitrogens with zero attached hydrogens (tertiary/aromatic N) is 12. The second-order valence-corrected chi connectivity index (χ2v) is 27.2. The van der Waals surface area contributed by atoms with Crippen LogP contribution in [0.15, 0.2) is 413 Å². The molecule has 0 radical (unpaired) electrons. The summed E-state index contributed by atoms with van der Waals surface area (Å²) in [6, 6.07) is 140. The molecule has 4 aromatic heterocycles. The predicted molar refractivity (Wildman–Crippen MR) is 459 cm³/mol. The summed E-state index contributed by atoms with van der Waals surface area (Å²) >= 11 is 0. The molecule has 0 amide bonds. The van der Waals surface area contributed by atoms with Crippen molar-refractivity contribution in [2.45, 2.75) is 0 Å². The van der Waals surface area contributed by atoms with Crippen molar-refractivity contribution in [3.63, 3.8) is 0 Å². The standard InChI is InChI=1S/C54H36N6.C48H32N6/c1-5-16-37(17-6-1)38-30-32-42(33-31-38)52-56-51(41-22-11-4-12-23-41)59-54(60-52)48-29-15-27-46(36-48)44-25-13-24-43(34-44)45-26-14-28-47(35-45)53-57-49(39-18-7-2-8-19-39)55-50(58-53)40-20-9-3-10-21-40;1-5-15-33(16-6-1)34-27-29-38(30-28-34)46-50-45(37-21-11-4-12-22-37)53-48(54-46)42-26-14-24-40(32-42)39-23-13-25-41(31-39)47-51-43(35-17-7-2-8-18-35)49-44(52-47)36-19-9-3-10-20-36/h1-36H;1-32H. The van der Waals surface area contributed by atoms with Gasteiger partial charge in [-0.05, 0) is 86.0 Å². The molecule has 114 heavy (non-hydrogen) atoms. The van der Waals surface area contributed by atoms with Gasteiger partial charge in [0.25, 0.3) is 0 Å². The highest BCUT2D eigenvalue weighted by Crippen LogP contribution is 2.37. The molecule has 0 unspecified atom stereocenters. The smallest absolute Gasteiger partial charge is 0.164 e. The van der Waals surface area contributed by atoms with Crippen LogP contribution in [0.2, 0.25) is 0 Å². The molecular formula is C102H68N12. The van der Waals surface area contributed by atoms with Crippen molar-refractivity contribution in [1.82, 2.24) is 59.8 Å². The normalized spacial score (nSPS) is 11.0. The third kappa shape index (κ3) is 15.9. The quantitative estimate of drug-likeness (QED) is 0.0852. The van der Waals surface area contributed by atoms with Gasteiger partial charge in [-0.25, -0.2) is 59.8 Å². The molecule has 4 heterocycles. The highest BCUT2D eigenvalue weighted by atomic mass is 15.1. The summed E-state index contributed by atoms with van der Waals surface area (Å²) in [5, 5.41) is 0. The van der Waals surface area contributed by atoms with Crippen LogP contribution in [0.5, 0.6) is 0 Å². The van der Waals surface area contributed by atoms with Gasteiger partial charge in [0.2, 0.25) is 0 Å². The average molecular weight is 1460 g/mol. The lowest BCUT2D eigenvalue weighted by molar-refractivity contribution is 1.07. The second kappa shape index (κ2) is 32.7. The van der Waals surface area contributed by atoms with E-state index in [2.05, 4.69) is 194 Å². The third-order valence-corrected chi connectivity index (χ3v) is 19.6. The second-order valence-electron chi connectivity index (χ2n) is 27.2. The van der Waals surface area contributed by atoms with E-state index in [0.29, 0.717) is 69.9 Å². The van der Waals surface area contributed by atoms with Crippen molar-refractivity contribution in [2.24, 2.45) is 0 Å². The molecule has 0 saturated heterocycles. The van der Waals surface area contributed by atoms with Gasteiger partial charge in [-0.1, -0.05) is 382 Å². The highest BCUT2D eigenvalue weighted by molar-refractivity contribution is 5.81. The van der Waals surface area contributed by atoms with Crippen LogP contribution in [-0.2, 0) is 0 Å². The van der Waals surface area contributed by atoms with E-state index in [1.165, 1.54) is 0 Å². The molecule has 0 saturated carbocycles. The van der Waals surface area contributed by atoms with Crippen LogP contribution in [0, 0.1) is 0 Å². The van der Waals surface area contributed by atoms with E-state index in [4.69, 9.17) is 59.8 Å². The molecule has 0 aliphatic heterocycles. The first-order chi connectivity index (χ1) is 56.4. The fraction of sp³-hybridized carbons (Fsp3) is 0. The number of benzene rings is 15. The van der Waals surface area contributed by atoms with Crippen LogP contribution in [-0.4, -0.2) is 59.8 Å². The minimum Gasteiger partial charge on any atom is -0.208 e. The first kappa shape index (κ1) is 70.0. The Balaban J connectivity index is 0.000000159. The molecule has 15 aromatic carbocycles. The Hall–Kier alpha value is -15.7. The summed E-state index contributed by atoms with van der Waals surface area (Å²) in [5.41, 5.74) is 21.9. The van der Waals surface area contributed by atoms with Crippen LogP contribution in [0.1, 0.15) is 0 Å². The topological polar surface area (TPSA) is 155 Å². The van der Waals surface area contributed by atoms with Crippen molar-refractivity contribution >= 4 is 0 Å². The van der Waals surface area contributed by atoms with Crippen molar-refractivity contribution < 1.29 is 0 Å². The van der Waals surface area contributed by atoms with Crippen LogP contribution in [0.3, 0.4) is 0 Å². The Morgan fingerprint density at radius 1 is 0.0789 bits per heavy atom. The Bertz CT molecular complexity index is 6430. The molecule has 536 valence electrons. The first-order valence-electron chi connectivity index (χ1n) is 37.7. The van der Waals surface area contributed by atoms with Gasteiger partial charge in [-0.3, -0.25) is 0 Å². The molecule has 0 atom stereocenters. The Morgan fingerprint density at radius 2 is 0.184 bits per heavy atom. The molecule has 0 N–H and O–H groups in total. The van der Waals surface area contributed by atoms with E-state index in [1.807, 2.05) is 218 Å². The summed E-state index contributed by atoms with van der Waals surface area (Å²) in [5.74, 6) is 7.43. The van der Waals surface area contributed by atoms with Gasteiger partial charge in [0.15, 0.2) is 69.9 Å². The molecule has 19 rings (SSSR count). The van der Waals surface area contributed by atoms with Crippen molar-refractivity contribution in [2.75, 3.05) is 0 Å². The maximum atomic E-state index is 5.05. The van der Waals surface area contributed by atoms with E-state index < -0.39 is 0 Å². The zero-order valence-electron chi connectivity index (χ0n) is 61.6. The van der Waals surface area contributed by atoms with Crippen LogP contribution < -0.4 is 0 Å². The number of hydrogen-bond acceptors (Lipinski definition) is 12. The Labute approximate surface area is 660 Å². The summed E-state index contributed by atoms with van der Waals surface area (Å²) in [7, 11) is 0. The van der Waals surface area contributed by atoms with Crippen molar-refractivity contribution in [1.29, 1.82) is 0 Å². The van der Waals surface area contributed by atoms with Gasteiger partial charge < -0.3 is 0 Å². The van der Waals surface area contributed by atoms with Crippen LogP contribution in [0.4, 0.5) is 0 Å². The lowest BCUT2D eigenvalue weighted by Gasteiger charge is -2.11. The summed E-state index contributed by atoms with van der Waals surface area (Å²) in [6.45, 7) is 0. The molecule has 0 aliphatic carbocycles. The largest absolute Gasteiger partial charge is 0.208 e. The third-order valence-electron chi connectivity index (χ3n) is 19.6. The van der Waals surface area contributed by atoms with E-state index in [1.54, 1.807) is 0 Å². The van der Waals surface area contributed by atoms with Gasteiger partial charge in [0.05, 0.1) is 0 Å². The molecule has 12 heteroatoms. The number of rotatable bonds is 17. The van der Waals surface area contributed by atoms with E-state index >= 15 is 0 Å². The van der Waals surface area contributed by atoms with E-state index in [9.17, 15) is 0 Å². The lowest BCUT2D eigenvalue weighted by atomic mass is 9.97. The minimum absolute atomic E-state index is 0.599. The fourth-order valence-electron chi connectivity index (χ4n) is 13.7. The maximum Gasteiger partial charge on any atom is 0.164 e. The Morgan fingerprint density at radius 3 is 0.360 bits per heavy atom. The average Bonchev–Trinajstić information content (AvgIpc) is 0.799. The molecular weight excluding hydrogens is 1390 g/mol. The Kier molecular flexibility index (Phi) is 20.1. The SMILES string of the molecule is c1ccc(-c2ccc(-c3nc(-c4ccccc4)nc(-c4cccc(-c5cccc(-c6cccc(-c7nc(-c8ccccc8)nc(-c8ccccc8)n7)c6)c5)c4)n3)cc2)cc1.c1ccc(-c2ccc(-c3nc(-c4ccccc4)nc(-c4cccc(-c5cccc(-c6nc(-c7ccccc7)nc(-c7ccccc7)n6)c5)c4)n3)cc2)cc1. The maximum absolute atomic E-state index is 5.05. The summed E-state index contributed by atoms with van der Waals surface area (Å²) < 4.78 is 0. The van der Waals surface area contributed by atoms with Gasteiger partial charge in [-0.2, -0.15) is 0 Å². The van der Waals surface area contributed by atoms with Crippen molar-refractivity contribution in [3.8, 4) is 192 Å². The number of aromatic nitrogens is 12. The van der Waals surface area contributed by atoms with Gasteiger partial charge in [0, 0.05) is 66.8 Å². The zero-order valence-corrected chi connectivity index (χ0v) is 61.6. The predicted octanol–water partition coefficient (Wildman–Crippen LogP) is 24.5. The van der Waals surface area contributed by atoms with Crippen molar-refractivity contribution in [3.05, 3.63) is 413 Å². The molecule has 0 aliphatic rings. The van der Waals surface area contributed by atoms with Crippen LogP contribution in [0.25, 0.3) is 192 Å². The van der Waals surface area contributed by atoms with Crippen LogP contribution >= 0.6 is 0 Å². The molecule has 19 aromatic rings. The number of hydrogen-bond donors (Lipinski definition) is 0. The fourth-order valence-corrected chi connectivity index (χ4v) is 13.7. The molecule has 0 fully saturated rings. The summed E-state index contributed by atoms with van der Waals surface area (Å²) in [6.07, 6.45) is 0. The molecule has 0 bridgehead atoms. The van der Waals surface area contributed by atoms with Gasteiger partial charge in [0.1, 0.15) is 0 Å². The zero-order chi connectivity index (χ0) is 76.2. The monoisotopic (exact) mass is 1460 g/mol.